The van der Waals surface area contributed by atoms with Gasteiger partial charge in [0, 0.05) is 31.3 Å². The van der Waals surface area contributed by atoms with E-state index in [1.165, 1.54) is 0 Å². The maximum atomic E-state index is 12.1. The van der Waals surface area contributed by atoms with Gasteiger partial charge in [0.1, 0.15) is 18.2 Å². The predicted molar refractivity (Wildman–Crippen MR) is 97.9 cm³/mol. The van der Waals surface area contributed by atoms with Gasteiger partial charge in [0.25, 0.3) is 0 Å². The number of nitrogens with zero attached hydrogens (tertiary/aromatic N) is 3. The van der Waals surface area contributed by atoms with Crippen LogP contribution in [0.15, 0.2) is 35.9 Å². The quantitative estimate of drug-likeness (QED) is 0.787. The van der Waals surface area contributed by atoms with E-state index in [1.54, 1.807) is 17.5 Å². The van der Waals surface area contributed by atoms with Crippen molar-refractivity contribution in [3.63, 3.8) is 0 Å². The number of ether oxygens (including phenoxy) is 2. The van der Waals surface area contributed by atoms with Gasteiger partial charge in [-0.1, -0.05) is 6.07 Å². The average molecular weight is 386 g/mol. The molecule has 2 bridgehead atoms. The van der Waals surface area contributed by atoms with Crippen LogP contribution in [0.5, 0.6) is 0 Å². The van der Waals surface area contributed by atoms with Crippen molar-refractivity contribution in [2.24, 2.45) is 0 Å². The van der Waals surface area contributed by atoms with E-state index in [1.807, 2.05) is 22.4 Å². The number of esters is 2. The van der Waals surface area contributed by atoms with Gasteiger partial charge in [-0.15, -0.1) is 11.3 Å². The van der Waals surface area contributed by atoms with Gasteiger partial charge in [-0.2, -0.15) is 0 Å². The lowest BCUT2D eigenvalue weighted by Crippen LogP contribution is -2.58. The number of hydrogen-bond donors (Lipinski definition) is 1. The second-order valence-electron chi connectivity index (χ2n) is 6.83. The summed E-state index contributed by atoms with van der Waals surface area (Å²) in [6.45, 7) is 1.62. The van der Waals surface area contributed by atoms with Crippen molar-refractivity contribution >= 4 is 29.1 Å². The molecule has 2 aromatic rings. The molecule has 0 saturated carbocycles. The molecular formula is C18H18N4O4S. The zero-order valence-corrected chi connectivity index (χ0v) is 15.3. The number of rotatable bonds is 2. The minimum absolute atomic E-state index is 0.239. The number of hydrogen-bond acceptors (Lipinski definition) is 8. The Hall–Kier alpha value is -2.65. The van der Waals surface area contributed by atoms with Crippen molar-refractivity contribution in [1.29, 1.82) is 0 Å². The first-order valence-corrected chi connectivity index (χ1v) is 9.75. The number of thiophene rings is 1. The summed E-state index contributed by atoms with van der Waals surface area (Å²) in [4.78, 5) is 37.2. The maximum Gasteiger partial charge on any atom is 0.339 e. The highest BCUT2D eigenvalue weighted by atomic mass is 32.1. The lowest BCUT2D eigenvalue weighted by atomic mass is 10.1. The molecule has 6 rings (SSSR count). The zero-order chi connectivity index (χ0) is 18.4. The molecule has 27 heavy (non-hydrogen) atoms. The van der Waals surface area contributed by atoms with Gasteiger partial charge in [-0.25, -0.2) is 19.5 Å². The molecule has 0 unspecified atom stereocenters. The number of carbonyl (C=O) groups is 2. The first-order valence-electron chi connectivity index (χ1n) is 8.88. The van der Waals surface area contributed by atoms with E-state index in [2.05, 4.69) is 14.9 Å². The summed E-state index contributed by atoms with van der Waals surface area (Å²) in [6, 6.07) is 4.25. The largest absolute Gasteiger partial charge is 0.403 e. The van der Waals surface area contributed by atoms with Crippen LogP contribution in [0.1, 0.15) is 12.8 Å². The molecule has 0 atom stereocenters. The van der Waals surface area contributed by atoms with Crippen LogP contribution in [-0.4, -0.2) is 58.4 Å². The number of anilines is 1. The molecule has 1 N–H and O–H groups in total. The highest BCUT2D eigenvalue weighted by Crippen LogP contribution is 2.36. The third kappa shape index (κ3) is 2.83. The van der Waals surface area contributed by atoms with Crippen molar-refractivity contribution in [3.8, 4) is 10.7 Å². The molecule has 6 heterocycles. The third-order valence-electron chi connectivity index (χ3n) is 5.26. The molecule has 4 aliphatic heterocycles. The van der Waals surface area contributed by atoms with Crippen molar-refractivity contribution in [2.45, 2.75) is 24.8 Å². The zero-order valence-electron chi connectivity index (χ0n) is 14.5. The number of aromatic nitrogens is 2. The number of carbonyl (C=O) groups excluding carboxylic acids is 2. The normalized spacial score (nSPS) is 26.6. The molecule has 8 nitrogen and oxygen atoms in total. The molecule has 0 radical (unpaired) electrons. The fourth-order valence-corrected chi connectivity index (χ4v) is 4.65. The van der Waals surface area contributed by atoms with E-state index in [9.17, 15) is 9.59 Å². The Bertz CT molecular complexity index is 878. The van der Waals surface area contributed by atoms with Crippen molar-refractivity contribution < 1.29 is 19.1 Å². The number of piperidine rings is 1. The van der Waals surface area contributed by atoms with Gasteiger partial charge < -0.3 is 19.4 Å². The summed E-state index contributed by atoms with van der Waals surface area (Å²) in [7, 11) is 0. The van der Waals surface area contributed by atoms with Gasteiger partial charge in [0.2, 0.25) is 0 Å². The first-order chi connectivity index (χ1) is 13.1. The maximum absolute atomic E-state index is 12.1. The Morgan fingerprint density at radius 2 is 1.93 bits per heavy atom. The first kappa shape index (κ1) is 16.5. The average Bonchev–Trinajstić information content (AvgIpc) is 3.29. The fourth-order valence-electron chi connectivity index (χ4n) is 3.97. The monoisotopic (exact) mass is 386 g/mol. The van der Waals surface area contributed by atoms with Gasteiger partial charge >= 0.3 is 17.8 Å². The molecular weight excluding hydrogens is 368 g/mol. The topological polar surface area (TPSA) is 87.8 Å². The standard InChI is InChI=1S/C18H18N4O4S/c23-15-3-4-16(24)26-18(25-15)11-22(12-5-7-21(18)8-6-12)14-10-19-17(20-14)13-2-1-9-27-13/h1-4,9-10,12H,5-8,11H2,(H,19,20). The van der Waals surface area contributed by atoms with E-state index in [0.29, 0.717) is 13.1 Å². The molecule has 0 amide bonds. The van der Waals surface area contributed by atoms with Crippen LogP contribution < -0.4 is 4.90 Å². The minimum Gasteiger partial charge on any atom is -0.403 e. The van der Waals surface area contributed by atoms with E-state index in [4.69, 9.17) is 9.47 Å². The Morgan fingerprint density at radius 1 is 1.19 bits per heavy atom. The van der Waals surface area contributed by atoms with Crippen LogP contribution in [0.3, 0.4) is 0 Å². The van der Waals surface area contributed by atoms with E-state index < -0.39 is 17.8 Å². The van der Waals surface area contributed by atoms with Crippen LogP contribution in [0, 0.1) is 0 Å². The van der Waals surface area contributed by atoms with E-state index in [0.717, 1.165) is 41.5 Å². The van der Waals surface area contributed by atoms with Gasteiger partial charge in [-0.3, -0.25) is 0 Å². The molecule has 3 saturated heterocycles. The number of fused-ring (bicyclic) bond motifs is 3. The summed E-state index contributed by atoms with van der Waals surface area (Å²) >= 11 is 1.61. The molecule has 4 aliphatic rings. The van der Waals surface area contributed by atoms with E-state index in [-0.39, 0.29) is 12.6 Å². The summed E-state index contributed by atoms with van der Waals surface area (Å²) in [6.07, 6.45) is 5.79. The third-order valence-corrected chi connectivity index (χ3v) is 6.14. The molecule has 0 aromatic carbocycles. The van der Waals surface area contributed by atoms with Crippen molar-refractivity contribution in [3.05, 3.63) is 35.9 Å². The summed E-state index contributed by atoms with van der Waals surface area (Å²) < 4.78 is 11.3. The second-order valence-corrected chi connectivity index (χ2v) is 7.78. The number of aromatic amines is 1. The van der Waals surface area contributed by atoms with Crippen molar-refractivity contribution in [1.82, 2.24) is 14.9 Å². The Balaban J connectivity index is 1.51. The van der Waals surface area contributed by atoms with Crippen LogP contribution in [-0.2, 0) is 19.1 Å². The van der Waals surface area contributed by atoms with Crippen LogP contribution in [0.4, 0.5) is 5.82 Å². The molecule has 9 heteroatoms. The van der Waals surface area contributed by atoms with E-state index >= 15 is 0 Å². The summed E-state index contributed by atoms with van der Waals surface area (Å²) in [5.74, 6) is -0.942. The second kappa shape index (κ2) is 6.21. The highest BCUT2D eigenvalue weighted by Gasteiger charge is 2.52. The predicted octanol–water partition coefficient (Wildman–Crippen LogP) is 1.73. The number of H-pyrrole nitrogens is 1. The van der Waals surface area contributed by atoms with Crippen LogP contribution >= 0.6 is 11.3 Å². The fraction of sp³-hybridized carbons (Fsp3) is 0.389. The Morgan fingerprint density at radius 3 is 2.59 bits per heavy atom. The molecule has 140 valence electrons. The molecule has 3 fully saturated rings. The molecule has 0 aliphatic carbocycles. The smallest absolute Gasteiger partial charge is 0.339 e. The molecule has 1 spiro atoms. The highest BCUT2D eigenvalue weighted by molar-refractivity contribution is 7.13. The SMILES string of the molecule is O=C1C=CC(=O)OC2(CN(c3cnc(-c4cccs4)[nH]3)C3CCN2CC3)O1. The van der Waals surface area contributed by atoms with Crippen LogP contribution in [0.2, 0.25) is 0 Å². The lowest BCUT2D eigenvalue weighted by Gasteiger charge is -2.39. The molecule has 2 aromatic heterocycles. The summed E-state index contributed by atoms with van der Waals surface area (Å²) in [5, 5.41) is 2.00. The Labute approximate surface area is 159 Å². The van der Waals surface area contributed by atoms with Gasteiger partial charge in [0.05, 0.1) is 11.1 Å². The van der Waals surface area contributed by atoms with Gasteiger partial charge in [0.15, 0.2) is 0 Å². The minimum atomic E-state index is -1.42. The lowest BCUT2D eigenvalue weighted by molar-refractivity contribution is -0.274. The van der Waals surface area contributed by atoms with Crippen LogP contribution in [0.25, 0.3) is 10.7 Å². The Kier molecular flexibility index (Phi) is 3.80. The summed E-state index contributed by atoms with van der Waals surface area (Å²) in [5.41, 5.74) is 0. The van der Waals surface area contributed by atoms with Gasteiger partial charge in [-0.05, 0) is 24.3 Å². The van der Waals surface area contributed by atoms with Crippen molar-refractivity contribution in [2.75, 3.05) is 24.5 Å². The number of nitrogens with one attached hydrogen (secondary N) is 1. The number of imidazole rings is 1.